The van der Waals surface area contributed by atoms with Gasteiger partial charge in [0.05, 0.1) is 20.8 Å². The van der Waals surface area contributed by atoms with Gasteiger partial charge in [-0.05, 0) is 42.3 Å². The molecule has 0 aliphatic heterocycles. The van der Waals surface area contributed by atoms with E-state index in [0.29, 0.717) is 35.6 Å². The van der Waals surface area contributed by atoms with Crippen molar-refractivity contribution in [2.45, 2.75) is 20.0 Å². The van der Waals surface area contributed by atoms with Gasteiger partial charge < -0.3 is 25.2 Å². The van der Waals surface area contributed by atoms with Crippen LogP contribution < -0.4 is 20.1 Å². The summed E-state index contributed by atoms with van der Waals surface area (Å²) < 4.78 is 10.4. The first-order valence-corrected chi connectivity index (χ1v) is 8.65. The second-order valence-corrected chi connectivity index (χ2v) is 5.96. The van der Waals surface area contributed by atoms with Crippen LogP contribution in [0.3, 0.4) is 0 Å². The minimum Gasteiger partial charge on any atom is -0.502 e. The standard InChI is InChI=1S/C19H24ClN3O3.HI/c1-4-21-19(22-11-13-6-5-7-15(20)8-13)23-12-14-9-16(25-2)18(24)17(10-14)26-3;/h5-10,24H,4,11-12H2,1-3H3,(H2,21,22,23);1H. The van der Waals surface area contributed by atoms with E-state index in [2.05, 4.69) is 15.6 Å². The first-order chi connectivity index (χ1) is 12.6. The maximum Gasteiger partial charge on any atom is 0.200 e. The van der Waals surface area contributed by atoms with E-state index in [1.54, 1.807) is 12.1 Å². The van der Waals surface area contributed by atoms with Crippen molar-refractivity contribution < 1.29 is 14.6 Å². The second-order valence-electron chi connectivity index (χ2n) is 5.53. The van der Waals surface area contributed by atoms with E-state index in [9.17, 15) is 5.11 Å². The summed E-state index contributed by atoms with van der Waals surface area (Å²) in [6.07, 6.45) is 0. The number of benzene rings is 2. The van der Waals surface area contributed by atoms with Crippen LogP contribution in [0.25, 0.3) is 0 Å². The average molecular weight is 506 g/mol. The fraction of sp³-hybridized carbons (Fsp3) is 0.316. The van der Waals surface area contributed by atoms with E-state index < -0.39 is 0 Å². The molecule has 2 aromatic rings. The number of hydrogen-bond donors (Lipinski definition) is 3. The van der Waals surface area contributed by atoms with Crippen LogP contribution in [-0.4, -0.2) is 31.8 Å². The molecule has 0 atom stereocenters. The number of phenolic OH excluding ortho intramolecular Hbond substituents is 1. The van der Waals surface area contributed by atoms with Crippen LogP contribution >= 0.6 is 35.6 Å². The van der Waals surface area contributed by atoms with Crippen molar-refractivity contribution in [1.29, 1.82) is 0 Å². The first kappa shape index (κ1) is 23.2. The number of aromatic hydroxyl groups is 1. The van der Waals surface area contributed by atoms with Gasteiger partial charge >= 0.3 is 0 Å². The van der Waals surface area contributed by atoms with Crippen LogP contribution in [0.2, 0.25) is 5.02 Å². The molecule has 0 saturated heterocycles. The first-order valence-electron chi connectivity index (χ1n) is 8.27. The molecule has 0 unspecified atom stereocenters. The average Bonchev–Trinajstić information content (AvgIpc) is 2.64. The highest BCUT2D eigenvalue weighted by Gasteiger charge is 2.11. The monoisotopic (exact) mass is 505 g/mol. The predicted molar refractivity (Wildman–Crippen MR) is 120 cm³/mol. The molecule has 0 saturated carbocycles. The zero-order chi connectivity index (χ0) is 18.9. The van der Waals surface area contributed by atoms with E-state index in [4.69, 9.17) is 21.1 Å². The highest BCUT2D eigenvalue weighted by atomic mass is 127. The van der Waals surface area contributed by atoms with Crippen LogP contribution in [0.1, 0.15) is 18.1 Å². The third kappa shape index (κ3) is 6.99. The Morgan fingerprint density at radius 1 is 1.07 bits per heavy atom. The molecule has 27 heavy (non-hydrogen) atoms. The Labute approximate surface area is 182 Å². The summed E-state index contributed by atoms with van der Waals surface area (Å²) >= 11 is 6.01. The molecule has 0 fully saturated rings. The van der Waals surface area contributed by atoms with E-state index in [-0.39, 0.29) is 29.7 Å². The SMILES string of the molecule is CCNC(=NCc1cc(OC)c(O)c(OC)c1)NCc1cccc(Cl)c1.I. The Balaban J connectivity index is 0.00000364. The Morgan fingerprint density at radius 2 is 1.74 bits per heavy atom. The highest BCUT2D eigenvalue weighted by molar-refractivity contribution is 14.0. The number of phenols is 1. The van der Waals surface area contributed by atoms with Gasteiger partial charge in [0.25, 0.3) is 0 Å². The van der Waals surface area contributed by atoms with Crippen LogP contribution in [0.5, 0.6) is 17.2 Å². The van der Waals surface area contributed by atoms with Gasteiger partial charge in [0, 0.05) is 18.1 Å². The third-order valence-corrected chi connectivity index (χ3v) is 3.89. The summed E-state index contributed by atoms with van der Waals surface area (Å²) in [7, 11) is 3.00. The van der Waals surface area contributed by atoms with Crippen molar-refractivity contribution in [2.75, 3.05) is 20.8 Å². The van der Waals surface area contributed by atoms with Gasteiger partial charge in [0.15, 0.2) is 17.5 Å². The Morgan fingerprint density at radius 3 is 2.30 bits per heavy atom. The number of methoxy groups -OCH3 is 2. The number of nitrogens with zero attached hydrogens (tertiary/aromatic N) is 1. The summed E-state index contributed by atoms with van der Waals surface area (Å²) in [5.74, 6) is 1.37. The molecule has 6 nitrogen and oxygen atoms in total. The zero-order valence-corrected chi connectivity index (χ0v) is 18.7. The molecule has 8 heteroatoms. The molecular formula is C19H25ClIN3O3. The van der Waals surface area contributed by atoms with E-state index in [1.807, 2.05) is 31.2 Å². The van der Waals surface area contributed by atoms with Crippen LogP contribution in [-0.2, 0) is 13.1 Å². The van der Waals surface area contributed by atoms with E-state index in [1.165, 1.54) is 14.2 Å². The number of nitrogens with one attached hydrogen (secondary N) is 2. The van der Waals surface area contributed by atoms with E-state index >= 15 is 0 Å². The molecule has 0 aromatic heterocycles. The van der Waals surface area contributed by atoms with Gasteiger partial charge in [-0.15, -0.1) is 24.0 Å². The Bertz CT molecular complexity index is 747. The lowest BCUT2D eigenvalue weighted by Gasteiger charge is -2.13. The fourth-order valence-electron chi connectivity index (χ4n) is 2.38. The van der Waals surface area contributed by atoms with Crippen molar-refractivity contribution in [3.05, 3.63) is 52.5 Å². The number of hydrogen-bond acceptors (Lipinski definition) is 4. The summed E-state index contributed by atoms with van der Waals surface area (Å²) in [4.78, 5) is 4.57. The predicted octanol–water partition coefficient (Wildman–Crippen LogP) is 3.94. The molecule has 3 N–H and O–H groups in total. The quantitative estimate of drug-likeness (QED) is 0.302. The Hall–Kier alpha value is -1.87. The van der Waals surface area contributed by atoms with Crippen molar-refractivity contribution in [2.24, 2.45) is 4.99 Å². The largest absolute Gasteiger partial charge is 0.502 e. The number of aliphatic imine (C=N–C) groups is 1. The molecule has 0 amide bonds. The summed E-state index contributed by atoms with van der Waals surface area (Å²) in [6.45, 7) is 3.75. The molecular weight excluding hydrogens is 481 g/mol. The van der Waals surface area contributed by atoms with Crippen molar-refractivity contribution in [3.8, 4) is 17.2 Å². The summed E-state index contributed by atoms with van der Waals surface area (Å²) in [5, 5.41) is 17.2. The van der Waals surface area contributed by atoms with Gasteiger partial charge in [0.2, 0.25) is 5.75 Å². The van der Waals surface area contributed by atoms with Crippen LogP contribution in [0, 0.1) is 0 Å². The van der Waals surface area contributed by atoms with Crippen LogP contribution in [0.4, 0.5) is 0 Å². The van der Waals surface area contributed by atoms with Crippen LogP contribution in [0.15, 0.2) is 41.4 Å². The molecule has 0 bridgehead atoms. The number of guanidine groups is 1. The number of halogens is 2. The molecule has 2 aromatic carbocycles. The van der Waals surface area contributed by atoms with Crippen molar-refractivity contribution in [1.82, 2.24) is 10.6 Å². The second kappa shape index (κ2) is 11.8. The Kier molecular flexibility index (Phi) is 10.1. The number of rotatable bonds is 7. The number of ether oxygens (including phenoxy) is 2. The fourth-order valence-corrected chi connectivity index (χ4v) is 2.60. The van der Waals surface area contributed by atoms with Gasteiger partial charge in [0.1, 0.15) is 0 Å². The van der Waals surface area contributed by atoms with Crippen molar-refractivity contribution in [3.63, 3.8) is 0 Å². The molecule has 0 radical (unpaired) electrons. The molecule has 2 rings (SSSR count). The normalized spacial score (nSPS) is 10.7. The summed E-state index contributed by atoms with van der Waals surface area (Å²) in [5.41, 5.74) is 1.92. The molecule has 0 aliphatic rings. The lowest BCUT2D eigenvalue weighted by atomic mass is 10.2. The third-order valence-electron chi connectivity index (χ3n) is 3.65. The van der Waals surface area contributed by atoms with Gasteiger partial charge in [-0.25, -0.2) is 4.99 Å². The van der Waals surface area contributed by atoms with Crippen molar-refractivity contribution >= 4 is 41.5 Å². The lowest BCUT2D eigenvalue weighted by molar-refractivity contribution is 0.339. The van der Waals surface area contributed by atoms with E-state index in [0.717, 1.165) is 17.7 Å². The minimum absolute atomic E-state index is 0. The lowest BCUT2D eigenvalue weighted by Crippen LogP contribution is -2.36. The molecule has 0 heterocycles. The maximum atomic E-state index is 9.99. The molecule has 148 valence electrons. The molecule has 0 aliphatic carbocycles. The topological polar surface area (TPSA) is 75.1 Å². The van der Waals surface area contributed by atoms with Gasteiger partial charge in [-0.1, -0.05) is 23.7 Å². The highest BCUT2D eigenvalue weighted by Crippen LogP contribution is 2.37. The summed E-state index contributed by atoms with van der Waals surface area (Å²) in [6, 6.07) is 11.1. The molecule has 0 spiro atoms. The maximum absolute atomic E-state index is 9.99. The minimum atomic E-state index is -0.0197. The van der Waals surface area contributed by atoms with Gasteiger partial charge in [-0.2, -0.15) is 0 Å². The zero-order valence-electron chi connectivity index (χ0n) is 15.6. The van der Waals surface area contributed by atoms with Gasteiger partial charge in [-0.3, -0.25) is 0 Å². The smallest absolute Gasteiger partial charge is 0.200 e.